The zero-order valence-electron chi connectivity index (χ0n) is 9.12. The Kier molecular flexibility index (Phi) is 4.50. The summed E-state index contributed by atoms with van der Waals surface area (Å²) in [5, 5.41) is 2.77. The van der Waals surface area contributed by atoms with Gasteiger partial charge in [-0.1, -0.05) is 19.4 Å². The van der Waals surface area contributed by atoms with Crippen LogP contribution in [0.25, 0.3) is 0 Å². The number of carbonyl (C=O) groups is 1. The summed E-state index contributed by atoms with van der Waals surface area (Å²) in [5.74, 6) is 0.719. The fourth-order valence-electron chi connectivity index (χ4n) is 1.15. The molecule has 2 amide bonds. The molecule has 3 nitrogen and oxygen atoms in total. The SMILES string of the molecule is CCCCN(C)C(=O)N/C=C/C1CC1. The summed E-state index contributed by atoms with van der Waals surface area (Å²) >= 11 is 0. The molecule has 0 atom stereocenters. The van der Waals surface area contributed by atoms with Gasteiger partial charge in [0, 0.05) is 19.8 Å². The van der Waals surface area contributed by atoms with E-state index in [0.29, 0.717) is 0 Å². The smallest absolute Gasteiger partial charge is 0.321 e. The quantitative estimate of drug-likeness (QED) is 0.719. The number of rotatable bonds is 5. The van der Waals surface area contributed by atoms with Crippen LogP contribution in [0.4, 0.5) is 4.79 Å². The van der Waals surface area contributed by atoms with Gasteiger partial charge in [-0.05, 0) is 25.2 Å². The van der Waals surface area contributed by atoms with Crippen LogP contribution in [0, 0.1) is 5.92 Å². The van der Waals surface area contributed by atoms with Crippen molar-refractivity contribution in [3.05, 3.63) is 12.3 Å². The third-order valence-electron chi connectivity index (χ3n) is 2.39. The highest BCUT2D eigenvalue weighted by Gasteiger charge is 2.17. The molecule has 0 spiro atoms. The fourth-order valence-corrected chi connectivity index (χ4v) is 1.15. The summed E-state index contributed by atoms with van der Waals surface area (Å²) in [7, 11) is 1.83. The molecule has 3 heteroatoms. The first-order valence-electron chi connectivity index (χ1n) is 5.42. The van der Waals surface area contributed by atoms with Crippen molar-refractivity contribution in [3.8, 4) is 0 Å². The zero-order chi connectivity index (χ0) is 10.4. The number of carbonyl (C=O) groups excluding carboxylic acids is 1. The Morgan fingerprint density at radius 1 is 1.57 bits per heavy atom. The van der Waals surface area contributed by atoms with Gasteiger partial charge in [0.05, 0.1) is 0 Å². The summed E-state index contributed by atoms with van der Waals surface area (Å²) in [5.41, 5.74) is 0. The monoisotopic (exact) mass is 196 g/mol. The second kappa shape index (κ2) is 5.68. The van der Waals surface area contributed by atoms with Crippen molar-refractivity contribution < 1.29 is 4.79 Å². The molecule has 0 radical (unpaired) electrons. The Morgan fingerprint density at radius 3 is 2.86 bits per heavy atom. The average Bonchev–Trinajstić information content (AvgIpc) is 2.97. The Morgan fingerprint density at radius 2 is 2.29 bits per heavy atom. The van der Waals surface area contributed by atoms with E-state index in [4.69, 9.17) is 0 Å². The summed E-state index contributed by atoms with van der Waals surface area (Å²) in [4.78, 5) is 13.1. The molecule has 0 unspecified atom stereocenters. The summed E-state index contributed by atoms with van der Waals surface area (Å²) in [6.45, 7) is 2.96. The molecule has 1 aliphatic carbocycles. The van der Waals surface area contributed by atoms with Gasteiger partial charge in [0.2, 0.25) is 0 Å². The van der Waals surface area contributed by atoms with Crippen molar-refractivity contribution in [1.82, 2.24) is 10.2 Å². The molecule has 1 saturated carbocycles. The number of hydrogen-bond acceptors (Lipinski definition) is 1. The standard InChI is InChI=1S/C11H20N2O/c1-3-4-9-13(2)11(14)12-8-7-10-5-6-10/h7-8,10H,3-6,9H2,1-2H3,(H,12,14)/b8-7+. The lowest BCUT2D eigenvalue weighted by molar-refractivity contribution is 0.212. The Hall–Kier alpha value is -0.990. The van der Waals surface area contributed by atoms with Gasteiger partial charge in [-0.3, -0.25) is 0 Å². The lowest BCUT2D eigenvalue weighted by Crippen LogP contribution is -2.34. The van der Waals surface area contributed by atoms with Gasteiger partial charge >= 0.3 is 6.03 Å². The van der Waals surface area contributed by atoms with Gasteiger partial charge in [-0.25, -0.2) is 4.79 Å². The molecule has 1 N–H and O–H groups in total. The van der Waals surface area contributed by atoms with Crippen molar-refractivity contribution in [2.45, 2.75) is 32.6 Å². The Bertz CT molecular complexity index is 209. The second-order valence-corrected chi connectivity index (χ2v) is 3.92. The third kappa shape index (κ3) is 4.30. The molecule has 0 aromatic heterocycles. The molecule has 1 fully saturated rings. The lowest BCUT2D eigenvalue weighted by atomic mass is 10.3. The third-order valence-corrected chi connectivity index (χ3v) is 2.39. The molecule has 1 aliphatic rings. The zero-order valence-corrected chi connectivity index (χ0v) is 9.12. The molecule has 14 heavy (non-hydrogen) atoms. The maximum Gasteiger partial charge on any atom is 0.321 e. The Balaban J connectivity index is 2.12. The first kappa shape index (κ1) is 11.1. The predicted molar refractivity (Wildman–Crippen MR) is 57.9 cm³/mol. The molecule has 0 bridgehead atoms. The van der Waals surface area contributed by atoms with Gasteiger partial charge in [0.1, 0.15) is 0 Å². The summed E-state index contributed by atoms with van der Waals surface area (Å²) < 4.78 is 0. The first-order chi connectivity index (χ1) is 6.74. The molecule has 0 aliphatic heterocycles. The minimum atomic E-state index is -0.00431. The van der Waals surface area contributed by atoms with Gasteiger partial charge in [0.25, 0.3) is 0 Å². The number of unbranched alkanes of at least 4 members (excludes halogenated alkanes) is 1. The number of allylic oxidation sites excluding steroid dienone is 1. The molecular formula is C11H20N2O. The van der Waals surface area contributed by atoms with Crippen molar-refractivity contribution in [3.63, 3.8) is 0 Å². The maximum absolute atomic E-state index is 11.4. The minimum Gasteiger partial charge on any atom is -0.328 e. The minimum absolute atomic E-state index is 0.00431. The van der Waals surface area contributed by atoms with E-state index in [1.54, 1.807) is 11.1 Å². The van der Waals surface area contributed by atoms with Crippen molar-refractivity contribution in [1.29, 1.82) is 0 Å². The molecule has 0 heterocycles. The van der Waals surface area contributed by atoms with Gasteiger partial charge in [-0.15, -0.1) is 0 Å². The fraction of sp³-hybridized carbons (Fsp3) is 0.727. The average molecular weight is 196 g/mol. The molecule has 0 saturated heterocycles. The van der Waals surface area contributed by atoms with E-state index in [1.807, 2.05) is 7.05 Å². The van der Waals surface area contributed by atoms with E-state index in [9.17, 15) is 4.79 Å². The van der Waals surface area contributed by atoms with Crippen LogP contribution in [0.15, 0.2) is 12.3 Å². The number of nitrogens with zero attached hydrogens (tertiary/aromatic N) is 1. The van der Waals surface area contributed by atoms with Crippen LogP contribution in [-0.4, -0.2) is 24.5 Å². The van der Waals surface area contributed by atoms with E-state index in [0.717, 1.165) is 25.3 Å². The summed E-state index contributed by atoms with van der Waals surface area (Å²) in [6.07, 6.45) is 8.59. The number of amides is 2. The molecular weight excluding hydrogens is 176 g/mol. The van der Waals surface area contributed by atoms with Crippen LogP contribution in [0.2, 0.25) is 0 Å². The highest BCUT2D eigenvalue weighted by atomic mass is 16.2. The topological polar surface area (TPSA) is 32.3 Å². The van der Waals surface area contributed by atoms with E-state index in [-0.39, 0.29) is 6.03 Å². The van der Waals surface area contributed by atoms with Gasteiger partial charge in [-0.2, -0.15) is 0 Å². The molecule has 0 aromatic rings. The van der Waals surface area contributed by atoms with E-state index >= 15 is 0 Å². The first-order valence-corrected chi connectivity index (χ1v) is 5.42. The van der Waals surface area contributed by atoms with Gasteiger partial charge in [0.15, 0.2) is 0 Å². The largest absolute Gasteiger partial charge is 0.328 e. The van der Waals surface area contributed by atoms with Crippen LogP contribution >= 0.6 is 0 Å². The van der Waals surface area contributed by atoms with Crippen LogP contribution in [0.3, 0.4) is 0 Å². The van der Waals surface area contributed by atoms with Crippen molar-refractivity contribution in [2.75, 3.05) is 13.6 Å². The summed E-state index contributed by atoms with van der Waals surface area (Å²) in [6, 6.07) is -0.00431. The number of nitrogens with one attached hydrogen (secondary N) is 1. The van der Waals surface area contributed by atoms with Crippen molar-refractivity contribution in [2.24, 2.45) is 5.92 Å². The van der Waals surface area contributed by atoms with E-state index < -0.39 is 0 Å². The van der Waals surface area contributed by atoms with Crippen LogP contribution in [0.5, 0.6) is 0 Å². The number of hydrogen-bond donors (Lipinski definition) is 1. The normalized spacial score (nSPS) is 15.9. The second-order valence-electron chi connectivity index (χ2n) is 3.92. The maximum atomic E-state index is 11.4. The van der Waals surface area contributed by atoms with Gasteiger partial charge < -0.3 is 10.2 Å². The molecule has 0 aromatic carbocycles. The highest BCUT2D eigenvalue weighted by Crippen LogP contribution is 2.29. The number of urea groups is 1. The predicted octanol–water partition coefficient (Wildman–Crippen LogP) is 2.35. The lowest BCUT2D eigenvalue weighted by Gasteiger charge is -2.15. The van der Waals surface area contributed by atoms with Crippen LogP contribution in [0.1, 0.15) is 32.6 Å². The van der Waals surface area contributed by atoms with Crippen LogP contribution < -0.4 is 5.32 Å². The van der Waals surface area contributed by atoms with E-state index in [2.05, 4.69) is 18.3 Å². The van der Waals surface area contributed by atoms with Crippen LogP contribution in [-0.2, 0) is 0 Å². The Labute approximate surface area is 86.2 Å². The highest BCUT2D eigenvalue weighted by molar-refractivity contribution is 5.74. The molecule has 1 rings (SSSR count). The van der Waals surface area contributed by atoms with Crippen molar-refractivity contribution >= 4 is 6.03 Å². The van der Waals surface area contributed by atoms with E-state index in [1.165, 1.54) is 12.8 Å². The molecule has 80 valence electrons.